The molecule has 1 aliphatic carbocycles. The molecule has 1 saturated heterocycles. The van der Waals surface area contributed by atoms with Gasteiger partial charge in [-0.25, -0.2) is 0 Å². The molecule has 0 atom stereocenters. The second-order valence-electron chi connectivity index (χ2n) is 5.53. The van der Waals surface area contributed by atoms with E-state index in [0.717, 1.165) is 11.8 Å². The molecule has 1 aromatic rings. The van der Waals surface area contributed by atoms with Crippen LogP contribution in [0, 0.1) is 5.92 Å². The molecule has 1 N–H and O–H groups in total. The van der Waals surface area contributed by atoms with Crippen molar-refractivity contribution in [3.63, 3.8) is 0 Å². The minimum absolute atomic E-state index is 0.845. The van der Waals surface area contributed by atoms with Gasteiger partial charge in [-0.15, -0.1) is 0 Å². The number of hydrogen-bond donors (Lipinski definition) is 1. The highest BCUT2D eigenvalue weighted by Crippen LogP contribution is 2.43. The van der Waals surface area contributed by atoms with Crippen LogP contribution in [0.3, 0.4) is 0 Å². The Labute approximate surface area is 112 Å². The van der Waals surface area contributed by atoms with Gasteiger partial charge in [0, 0.05) is 4.47 Å². The maximum atomic E-state index is 3.74. The number of halogens is 1. The summed E-state index contributed by atoms with van der Waals surface area (Å²) in [5.74, 6) is 1.73. The van der Waals surface area contributed by atoms with Gasteiger partial charge >= 0.3 is 0 Å². The van der Waals surface area contributed by atoms with Crippen LogP contribution in [0.1, 0.15) is 42.7 Å². The lowest BCUT2D eigenvalue weighted by Gasteiger charge is -2.22. The largest absolute Gasteiger partial charge is 0.317 e. The lowest BCUT2D eigenvalue weighted by molar-refractivity contribution is 0.372. The third kappa shape index (κ3) is 2.92. The van der Waals surface area contributed by atoms with E-state index in [1.807, 2.05) is 0 Å². The summed E-state index contributed by atoms with van der Waals surface area (Å²) in [7, 11) is 0. The Hall–Kier alpha value is -0.340. The van der Waals surface area contributed by atoms with E-state index in [1.165, 1.54) is 60.8 Å². The fourth-order valence-corrected chi connectivity index (χ4v) is 3.59. The van der Waals surface area contributed by atoms with Gasteiger partial charge in [0.15, 0.2) is 0 Å². The first-order valence-corrected chi connectivity index (χ1v) is 7.61. The summed E-state index contributed by atoms with van der Waals surface area (Å²) in [5, 5.41) is 3.43. The average molecular weight is 294 g/mol. The van der Waals surface area contributed by atoms with E-state index >= 15 is 0 Å². The van der Waals surface area contributed by atoms with Crippen LogP contribution >= 0.6 is 15.9 Å². The highest BCUT2D eigenvalue weighted by atomic mass is 79.9. The van der Waals surface area contributed by atoms with Crippen molar-refractivity contribution in [2.45, 2.75) is 38.0 Å². The van der Waals surface area contributed by atoms with Crippen molar-refractivity contribution in [2.24, 2.45) is 5.92 Å². The van der Waals surface area contributed by atoms with Gasteiger partial charge in [0.2, 0.25) is 0 Å². The monoisotopic (exact) mass is 293 g/mol. The third-order valence-corrected chi connectivity index (χ3v) is 4.75. The van der Waals surface area contributed by atoms with Crippen molar-refractivity contribution >= 4 is 15.9 Å². The van der Waals surface area contributed by atoms with Crippen molar-refractivity contribution in [1.82, 2.24) is 5.32 Å². The Balaban J connectivity index is 1.68. The van der Waals surface area contributed by atoms with Crippen LogP contribution in [0.4, 0.5) is 0 Å². The molecule has 0 amide bonds. The first-order valence-electron chi connectivity index (χ1n) is 6.82. The van der Waals surface area contributed by atoms with Crippen molar-refractivity contribution in [1.29, 1.82) is 0 Å². The van der Waals surface area contributed by atoms with Gasteiger partial charge in [-0.3, -0.25) is 0 Å². The molecule has 0 bridgehead atoms. The Bertz CT molecular complexity index is 392. The van der Waals surface area contributed by atoms with E-state index in [9.17, 15) is 0 Å². The van der Waals surface area contributed by atoms with E-state index in [2.05, 4.69) is 39.4 Å². The number of hydrogen-bond acceptors (Lipinski definition) is 1. The predicted molar refractivity (Wildman–Crippen MR) is 75.4 cm³/mol. The van der Waals surface area contributed by atoms with Crippen molar-refractivity contribution < 1.29 is 0 Å². The summed E-state index contributed by atoms with van der Waals surface area (Å²) < 4.78 is 1.34. The van der Waals surface area contributed by atoms with Gasteiger partial charge < -0.3 is 5.32 Å². The molecule has 1 heterocycles. The topological polar surface area (TPSA) is 12.0 Å². The van der Waals surface area contributed by atoms with E-state index in [4.69, 9.17) is 0 Å². The molecule has 0 spiro atoms. The quantitative estimate of drug-likeness (QED) is 0.892. The van der Waals surface area contributed by atoms with Crippen LogP contribution in [0.2, 0.25) is 0 Å². The number of rotatable bonds is 3. The maximum Gasteiger partial charge on any atom is 0.0212 e. The van der Waals surface area contributed by atoms with Crippen LogP contribution in [-0.2, 0) is 6.42 Å². The molecule has 3 rings (SSSR count). The van der Waals surface area contributed by atoms with Crippen molar-refractivity contribution in [3.8, 4) is 0 Å². The molecular formula is C15H20BrN. The lowest BCUT2D eigenvalue weighted by atomic mass is 9.90. The Morgan fingerprint density at radius 1 is 1.12 bits per heavy atom. The second kappa shape index (κ2) is 5.11. The third-order valence-electron chi connectivity index (χ3n) is 4.07. The van der Waals surface area contributed by atoms with Gasteiger partial charge in [0.1, 0.15) is 0 Å². The Morgan fingerprint density at radius 2 is 1.88 bits per heavy atom. The Kier molecular flexibility index (Phi) is 3.53. The highest BCUT2D eigenvalue weighted by molar-refractivity contribution is 9.10. The zero-order valence-corrected chi connectivity index (χ0v) is 11.8. The zero-order valence-electron chi connectivity index (χ0n) is 10.2. The molecule has 0 aromatic heterocycles. The van der Waals surface area contributed by atoms with Crippen LogP contribution in [0.15, 0.2) is 22.7 Å². The predicted octanol–water partition coefficient (Wildman–Crippen LogP) is 3.87. The van der Waals surface area contributed by atoms with Gasteiger partial charge in [0.25, 0.3) is 0 Å². The van der Waals surface area contributed by atoms with Crippen molar-refractivity contribution in [3.05, 3.63) is 33.8 Å². The first-order chi connectivity index (χ1) is 8.33. The standard InChI is InChI=1S/C15H20BrN/c16-15-10-12(1-4-14(15)13-2-3-13)9-11-5-7-17-8-6-11/h1,4,10-11,13,17H,2-3,5-9H2. The zero-order chi connectivity index (χ0) is 11.7. The fraction of sp³-hybridized carbons (Fsp3) is 0.600. The second-order valence-corrected chi connectivity index (χ2v) is 6.38. The Morgan fingerprint density at radius 3 is 2.53 bits per heavy atom. The van der Waals surface area contributed by atoms with Gasteiger partial charge in [-0.2, -0.15) is 0 Å². The van der Waals surface area contributed by atoms with Crippen molar-refractivity contribution in [2.75, 3.05) is 13.1 Å². The number of nitrogens with one attached hydrogen (secondary N) is 1. The molecule has 2 aliphatic rings. The molecule has 1 saturated carbocycles. The van der Waals surface area contributed by atoms with Gasteiger partial charge in [-0.1, -0.05) is 28.1 Å². The summed E-state index contributed by atoms with van der Waals surface area (Å²) in [6, 6.07) is 7.05. The van der Waals surface area contributed by atoms with Crippen LogP contribution in [0.5, 0.6) is 0 Å². The maximum absolute atomic E-state index is 3.74. The minimum Gasteiger partial charge on any atom is -0.317 e. The fourth-order valence-electron chi connectivity index (χ4n) is 2.84. The average Bonchev–Trinajstić information content (AvgIpc) is 3.15. The van der Waals surface area contributed by atoms with E-state index in [-0.39, 0.29) is 0 Å². The highest BCUT2D eigenvalue weighted by Gasteiger charge is 2.25. The first kappa shape index (κ1) is 11.7. The molecule has 0 unspecified atom stereocenters. The molecule has 92 valence electrons. The van der Waals surface area contributed by atoms with Crippen LogP contribution in [0.25, 0.3) is 0 Å². The summed E-state index contributed by atoms with van der Waals surface area (Å²) in [6.07, 6.45) is 6.69. The summed E-state index contributed by atoms with van der Waals surface area (Å²) in [4.78, 5) is 0. The van der Waals surface area contributed by atoms with Gasteiger partial charge in [0.05, 0.1) is 0 Å². The number of piperidine rings is 1. The van der Waals surface area contributed by atoms with E-state index in [1.54, 1.807) is 0 Å². The number of benzene rings is 1. The van der Waals surface area contributed by atoms with E-state index in [0.29, 0.717) is 0 Å². The molecule has 1 nitrogen and oxygen atoms in total. The molecule has 2 heteroatoms. The SMILES string of the molecule is Brc1cc(CC2CCNCC2)ccc1C1CC1. The molecular weight excluding hydrogens is 274 g/mol. The lowest BCUT2D eigenvalue weighted by Crippen LogP contribution is -2.28. The van der Waals surface area contributed by atoms with Crippen LogP contribution in [-0.4, -0.2) is 13.1 Å². The smallest absolute Gasteiger partial charge is 0.0212 e. The molecule has 0 radical (unpaired) electrons. The van der Waals surface area contributed by atoms with Crippen LogP contribution < -0.4 is 5.32 Å². The van der Waals surface area contributed by atoms with Gasteiger partial charge in [-0.05, 0) is 74.2 Å². The molecule has 1 aliphatic heterocycles. The normalized spacial score (nSPS) is 21.7. The molecule has 1 aromatic carbocycles. The summed E-state index contributed by atoms with van der Waals surface area (Å²) in [6.45, 7) is 2.40. The molecule has 2 fully saturated rings. The minimum atomic E-state index is 0.845. The molecule has 17 heavy (non-hydrogen) atoms. The summed E-state index contributed by atoms with van der Waals surface area (Å²) in [5.41, 5.74) is 3.03. The summed E-state index contributed by atoms with van der Waals surface area (Å²) >= 11 is 3.74. The van der Waals surface area contributed by atoms with E-state index < -0.39 is 0 Å².